The van der Waals surface area contributed by atoms with Crippen LogP contribution in [0.2, 0.25) is 5.02 Å². The Hall–Kier alpha value is -3.34. The van der Waals surface area contributed by atoms with Gasteiger partial charge in [-0.2, -0.15) is 0 Å². The number of ether oxygens (including phenoxy) is 2. The van der Waals surface area contributed by atoms with Crippen molar-refractivity contribution in [1.82, 2.24) is 19.8 Å². The first-order valence-electron chi connectivity index (χ1n) is 12.7. The Morgan fingerprint density at radius 2 is 2.08 bits per heavy atom. The summed E-state index contributed by atoms with van der Waals surface area (Å²) in [6, 6.07) is 3.14. The molecule has 12 heteroatoms. The van der Waals surface area contributed by atoms with Crippen molar-refractivity contribution in [2.24, 2.45) is 0 Å². The summed E-state index contributed by atoms with van der Waals surface area (Å²) in [7, 11) is 1.57. The third-order valence-electron chi connectivity index (χ3n) is 7.05. The number of halogens is 2. The average Bonchev–Trinajstić information content (AvgIpc) is 3.40. The second kappa shape index (κ2) is 9.76. The molecule has 0 bridgehead atoms. The molecule has 2 amide bonds. The summed E-state index contributed by atoms with van der Waals surface area (Å²) in [4.78, 5) is 46.7. The highest BCUT2D eigenvalue weighted by molar-refractivity contribution is 6.31. The number of likely N-dealkylation sites (N-methyl/N-ethyl adjacent to an activating group) is 1. The SMILES string of the molecule is CN1C(=O)c2c(nc(N3CCC[C@@H](NC(=O)OC(C)(C)C)C3)n2Cc2cc(F)ccc2Cl)C2COC(=O)C21. The minimum absolute atomic E-state index is 0.0979. The number of benzene rings is 1. The van der Waals surface area contributed by atoms with E-state index in [-0.39, 0.29) is 25.1 Å². The zero-order valence-electron chi connectivity index (χ0n) is 21.8. The average molecular weight is 548 g/mol. The van der Waals surface area contributed by atoms with Crippen molar-refractivity contribution >= 4 is 35.5 Å². The van der Waals surface area contributed by atoms with Gasteiger partial charge in [-0.25, -0.2) is 19.0 Å². The van der Waals surface area contributed by atoms with Crippen LogP contribution in [0, 0.1) is 5.82 Å². The Morgan fingerprint density at radius 3 is 2.82 bits per heavy atom. The summed E-state index contributed by atoms with van der Waals surface area (Å²) in [6.45, 7) is 6.69. The van der Waals surface area contributed by atoms with Crippen molar-refractivity contribution in [3.63, 3.8) is 0 Å². The summed E-state index contributed by atoms with van der Waals surface area (Å²) < 4.78 is 26.6. The Balaban J connectivity index is 1.53. The number of nitrogens with zero attached hydrogens (tertiary/aromatic N) is 4. The molecule has 38 heavy (non-hydrogen) atoms. The van der Waals surface area contributed by atoms with E-state index in [1.165, 1.54) is 23.1 Å². The van der Waals surface area contributed by atoms with Crippen molar-refractivity contribution < 1.29 is 28.2 Å². The van der Waals surface area contributed by atoms with Gasteiger partial charge in [0.2, 0.25) is 5.95 Å². The van der Waals surface area contributed by atoms with Gasteiger partial charge in [0.15, 0.2) is 0 Å². The molecule has 2 aromatic rings. The van der Waals surface area contributed by atoms with Crippen LogP contribution < -0.4 is 10.2 Å². The fourth-order valence-corrected chi connectivity index (χ4v) is 5.56. The largest absolute Gasteiger partial charge is 0.463 e. The number of alkyl carbamates (subject to hydrolysis) is 1. The van der Waals surface area contributed by atoms with E-state index < -0.39 is 35.4 Å². The maximum Gasteiger partial charge on any atom is 0.407 e. The number of cyclic esters (lactones) is 1. The van der Waals surface area contributed by atoms with Gasteiger partial charge in [0.1, 0.15) is 29.8 Å². The number of aromatic nitrogens is 2. The third kappa shape index (κ3) is 4.91. The maximum absolute atomic E-state index is 14.1. The Kier molecular flexibility index (Phi) is 6.75. The lowest BCUT2D eigenvalue weighted by atomic mass is 9.92. The number of imidazole rings is 1. The van der Waals surface area contributed by atoms with Gasteiger partial charge in [-0.05, 0) is 57.4 Å². The molecular formula is C26H31ClFN5O5. The lowest BCUT2D eigenvalue weighted by molar-refractivity contribution is -0.141. The molecule has 10 nitrogen and oxygen atoms in total. The van der Waals surface area contributed by atoms with E-state index in [4.69, 9.17) is 26.1 Å². The van der Waals surface area contributed by atoms with Crippen LogP contribution in [-0.2, 0) is 20.8 Å². The van der Waals surface area contributed by atoms with E-state index in [1.54, 1.807) is 32.4 Å². The topological polar surface area (TPSA) is 106 Å². The number of hydrogen-bond acceptors (Lipinski definition) is 7. The zero-order chi connectivity index (χ0) is 27.4. The number of hydrogen-bond donors (Lipinski definition) is 1. The van der Waals surface area contributed by atoms with E-state index >= 15 is 0 Å². The van der Waals surface area contributed by atoms with Gasteiger partial charge in [-0.1, -0.05) is 11.6 Å². The van der Waals surface area contributed by atoms with Crippen molar-refractivity contribution in [1.29, 1.82) is 0 Å². The number of carbonyl (C=O) groups excluding carboxylic acids is 3. The molecule has 5 rings (SSSR count). The van der Waals surface area contributed by atoms with Gasteiger partial charge >= 0.3 is 12.1 Å². The van der Waals surface area contributed by atoms with E-state index in [1.807, 2.05) is 4.90 Å². The number of piperidine rings is 1. The highest BCUT2D eigenvalue weighted by atomic mass is 35.5. The second-order valence-corrected chi connectivity index (χ2v) is 11.4. The second-order valence-electron chi connectivity index (χ2n) is 11.0. The van der Waals surface area contributed by atoms with Gasteiger partial charge in [0.05, 0.1) is 18.2 Å². The van der Waals surface area contributed by atoms with Gasteiger partial charge in [-0.15, -0.1) is 0 Å². The number of nitrogens with one attached hydrogen (secondary N) is 1. The van der Waals surface area contributed by atoms with Gasteiger partial charge < -0.3 is 29.2 Å². The molecule has 0 aliphatic carbocycles. The number of carbonyl (C=O) groups is 3. The number of fused-ring (bicyclic) bond motifs is 3. The lowest BCUT2D eigenvalue weighted by Crippen LogP contribution is -2.49. The maximum atomic E-state index is 14.1. The number of esters is 1. The van der Waals surface area contributed by atoms with Gasteiger partial charge in [0.25, 0.3) is 5.91 Å². The van der Waals surface area contributed by atoms with E-state index in [2.05, 4.69) is 5.32 Å². The Bertz CT molecular complexity index is 1290. The standard InChI is InChI=1S/C26H31ClFN5O5/c1-26(2,3)38-25(36)29-16-6-5-9-32(12-16)24-30-19-17-13-37-23(35)20(17)31(4)22(34)21(19)33(24)11-14-10-15(28)7-8-18(14)27/h7-8,10,16-17,20H,5-6,9,11-13H2,1-4H3,(H,29,36)/t16-,17?,20?/m1/s1. The van der Waals surface area contributed by atoms with E-state index in [0.717, 1.165) is 12.8 Å². The monoisotopic (exact) mass is 547 g/mol. The van der Waals surface area contributed by atoms with E-state index in [9.17, 15) is 18.8 Å². The van der Waals surface area contributed by atoms with Gasteiger partial charge in [-0.3, -0.25) is 4.79 Å². The summed E-state index contributed by atoms with van der Waals surface area (Å²) >= 11 is 6.41. The molecule has 0 spiro atoms. The number of rotatable bonds is 4. The van der Waals surface area contributed by atoms with Crippen LogP contribution in [0.3, 0.4) is 0 Å². The molecule has 0 radical (unpaired) electrons. The number of anilines is 1. The molecule has 1 aromatic heterocycles. The smallest absolute Gasteiger partial charge is 0.407 e. The van der Waals surface area contributed by atoms with Crippen molar-refractivity contribution in [3.8, 4) is 0 Å². The molecule has 1 N–H and O–H groups in total. The molecule has 3 atom stereocenters. The highest BCUT2D eigenvalue weighted by Crippen LogP contribution is 2.40. The van der Waals surface area contributed by atoms with Crippen LogP contribution in [0.5, 0.6) is 0 Å². The summed E-state index contributed by atoms with van der Waals surface area (Å²) in [6.07, 6.45) is 1.01. The molecule has 204 valence electrons. The van der Waals surface area contributed by atoms with Crippen LogP contribution >= 0.6 is 11.6 Å². The quantitative estimate of drug-likeness (QED) is 0.585. The fraction of sp³-hybridized carbons (Fsp3) is 0.538. The number of amides is 2. The zero-order valence-corrected chi connectivity index (χ0v) is 22.5. The summed E-state index contributed by atoms with van der Waals surface area (Å²) in [5.41, 5.74) is 0.671. The molecule has 0 saturated carbocycles. The van der Waals surface area contributed by atoms with Crippen LogP contribution in [-0.4, -0.2) is 76.8 Å². The molecular weight excluding hydrogens is 517 g/mol. The van der Waals surface area contributed by atoms with E-state index in [0.29, 0.717) is 41.0 Å². The van der Waals surface area contributed by atoms with Crippen LogP contribution in [0.25, 0.3) is 0 Å². The highest BCUT2D eigenvalue weighted by Gasteiger charge is 2.51. The molecule has 1 aromatic carbocycles. The van der Waals surface area contributed by atoms with Crippen LogP contribution in [0.1, 0.15) is 61.3 Å². The van der Waals surface area contributed by atoms with Crippen molar-refractivity contribution in [2.75, 3.05) is 31.6 Å². The minimum atomic E-state index is -0.744. The normalized spacial score (nSPS) is 23.2. The molecule has 2 saturated heterocycles. The Morgan fingerprint density at radius 1 is 1.32 bits per heavy atom. The fourth-order valence-electron chi connectivity index (χ4n) is 5.38. The summed E-state index contributed by atoms with van der Waals surface area (Å²) in [5, 5.41) is 3.29. The molecule has 3 aliphatic heterocycles. The molecule has 2 unspecified atom stereocenters. The first-order chi connectivity index (χ1) is 17.9. The predicted octanol–water partition coefficient (Wildman–Crippen LogP) is 3.31. The first kappa shape index (κ1) is 26.3. The molecule has 4 heterocycles. The van der Waals surface area contributed by atoms with Gasteiger partial charge in [0, 0.05) is 31.2 Å². The third-order valence-corrected chi connectivity index (χ3v) is 7.42. The van der Waals surface area contributed by atoms with Crippen molar-refractivity contribution in [3.05, 3.63) is 46.0 Å². The minimum Gasteiger partial charge on any atom is -0.463 e. The van der Waals surface area contributed by atoms with Crippen molar-refractivity contribution in [2.45, 2.75) is 63.8 Å². The predicted molar refractivity (Wildman–Crippen MR) is 137 cm³/mol. The Labute approximate surface area is 225 Å². The lowest BCUT2D eigenvalue weighted by Gasteiger charge is -2.34. The first-order valence-corrected chi connectivity index (χ1v) is 13.0. The summed E-state index contributed by atoms with van der Waals surface area (Å²) in [5.74, 6) is -1.19. The van der Waals surface area contributed by atoms with Crippen LogP contribution in [0.4, 0.5) is 15.1 Å². The molecule has 3 aliphatic rings. The molecule has 2 fully saturated rings. The van der Waals surface area contributed by atoms with Crippen LogP contribution in [0.15, 0.2) is 18.2 Å².